The van der Waals surface area contributed by atoms with E-state index in [0.717, 1.165) is 11.8 Å². The molecule has 0 spiro atoms. The summed E-state index contributed by atoms with van der Waals surface area (Å²) in [5.74, 6) is -3.11. The van der Waals surface area contributed by atoms with Crippen molar-refractivity contribution < 1.29 is 29.7 Å². The van der Waals surface area contributed by atoms with Gasteiger partial charge >= 0.3 is 11.9 Å². The zero-order valence-corrected chi connectivity index (χ0v) is 15.0. The van der Waals surface area contributed by atoms with E-state index in [0.29, 0.717) is 5.56 Å². The Labute approximate surface area is 154 Å². The highest BCUT2D eigenvalue weighted by molar-refractivity contribution is 8.01. The third-order valence-corrected chi connectivity index (χ3v) is 5.61. The molecule has 1 fully saturated rings. The van der Waals surface area contributed by atoms with Crippen LogP contribution in [0, 0.1) is 0 Å². The molecule has 142 valence electrons. The second-order valence-corrected chi connectivity index (χ2v) is 8.27. The van der Waals surface area contributed by atoms with Crippen LogP contribution in [0.4, 0.5) is 0 Å². The Morgan fingerprint density at radius 3 is 2.27 bits per heavy atom. The Hall–Kier alpha value is -2.30. The number of carboxylic acid groups (broad SMARTS) is 2. The molecule has 0 saturated carbocycles. The number of phenols is 1. The van der Waals surface area contributed by atoms with Gasteiger partial charge in [-0.25, -0.2) is 4.79 Å². The first-order chi connectivity index (χ1) is 12.0. The van der Waals surface area contributed by atoms with Crippen molar-refractivity contribution >= 4 is 29.6 Å². The van der Waals surface area contributed by atoms with Gasteiger partial charge in [-0.1, -0.05) is 12.1 Å². The third-order valence-electron chi connectivity index (χ3n) is 4.11. The Kier molecular flexibility index (Phi) is 5.79. The highest BCUT2D eigenvalue weighted by Gasteiger charge is 2.49. The topological polar surface area (TPSA) is 162 Å². The molecule has 0 aromatic heterocycles. The number of amides is 1. The summed E-state index contributed by atoms with van der Waals surface area (Å²) in [4.78, 5) is 35.3. The molecule has 1 heterocycles. The summed E-state index contributed by atoms with van der Waals surface area (Å²) >= 11 is 1.13. The molecule has 1 unspecified atom stereocenters. The van der Waals surface area contributed by atoms with Gasteiger partial charge in [0.2, 0.25) is 5.91 Å². The number of phenolic OH excluding ortho intramolecular Hbond substituents is 1. The van der Waals surface area contributed by atoms with E-state index in [4.69, 9.17) is 5.73 Å². The van der Waals surface area contributed by atoms with Crippen LogP contribution in [0.3, 0.4) is 0 Å². The largest absolute Gasteiger partial charge is 0.508 e. The Balaban J connectivity index is 2.13. The Morgan fingerprint density at radius 2 is 1.81 bits per heavy atom. The van der Waals surface area contributed by atoms with Gasteiger partial charge in [0.05, 0.1) is 5.37 Å². The zero-order chi connectivity index (χ0) is 19.6. The fourth-order valence-electron chi connectivity index (χ4n) is 2.67. The third kappa shape index (κ3) is 4.26. The van der Waals surface area contributed by atoms with Crippen LogP contribution in [0.25, 0.3) is 0 Å². The molecule has 0 bridgehead atoms. The van der Waals surface area contributed by atoms with Gasteiger partial charge in [0, 0.05) is 4.75 Å². The highest BCUT2D eigenvalue weighted by atomic mass is 32.2. The minimum Gasteiger partial charge on any atom is -0.508 e. The minimum atomic E-state index is -1.36. The second-order valence-electron chi connectivity index (χ2n) is 6.47. The zero-order valence-electron chi connectivity index (χ0n) is 14.2. The number of benzene rings is 1. The molecule has 1 saturated heterocycles. The number of hydrogen-bond donors (Lipinski definition) is 6. The number of hydrogen-bond acceptors (Lipinski definition) is 7. The minimum absolute atomic E-state index is 0.0123. The maximum atomic E-state index is 12.4. The van der Waals surface area contributed by atoms with E-state index < -0.39 is 46.1 Å². The quantitative estimate of drug-likeness (QED) is 0.392. The molecule has 2 rings (SSSR count). The van der Waals surface area contributed by atoms with E-state index in [2.05, 4.69) is 10.6 Å². The van der Waals surface area contributed by atoms with Gasteiger partial charge in [0.15, 0.2) is 6.04 Å². The molecule has 7 N–H and O–H groups in total. The molecule has 1 aromatic carbocycles. The number of thioether (sulfide) groups is 1. The van der Waals surface area contributed by atoms with Gasteiger partial charge in [0.25, 0.3) is 0 Å². The lowest BCUT2D eigenvalue weighted by molar-refractivity contribution is -0.143. The van der Waals surface area contributed by atoms with Crippen molar-refractivity contribution in [3.63, 3.8) is 0 Å². The van der Waals surface area contributed by atoms with Crippen molar-refractivity contribution in [1.82, 2.24) is 10.6 Å². The van der Waals surface area contributed by atoms with E-state index in [1.54, 1.807) is 13.8 Å². The molecule has 0 radical (unpaired) electrons. The molecule has 0 aliphatic carbocycles. The number of nitrogens with two attached hydrogens (primary N) is 1. The first kappa shape index (κ1) is 20.0. The SMILES string of the molecule is CC1(C)SC([C@H](NC(=O)[C@H](N)c2ccc(O)cc2)C(=O)O)N[C@H]1C(=O)O. The fraction of sp³-hybridized carbons (Fsp3) is 0.438. The summed E-state index contributed by atoms with van der Waals surface area (Å²) in [6, 6.07) is 2.20. The summed E-state index contributed by atoms with van der Waals surface area (Å²) in [6.45, 7) is 3.37. The average Bonchev–Trinajstić information content (AvgIpc) is 2.87. The summed E-state index contributed by atoms with van der Waals surface area (Å²) in [6.07, 6.45) is 0. The van der Waals surface area contributed by atoms with E-state index in [-0.39, 0.29) is 5.75 Å². The Morgan fingerprint density at radius 1 is 1.23 bits per heavy atom. The first-order valence-corrected chi connectivity index (χ1v) is 8.65. The number of aromatic hydroxyl groups is 1. The molecule has 9 nitrogen and oxygen atoms in total. The van der Waals surface area contributed by atoms with Crippen molar-refractivity contribution in [3.05, 3.63) is 29.8 Å². The maximum Gasteiger partial charge on any atom is 0.328 e. The van der Waals surface area contributed by atoms with Crippen molar-refractivity contribution in [2.24, 2.45) is 5.73 Å². The van der Waals surface area contributed by atoms with E-state index in [1.807, 2.05) is 0 Å². The molecule has 10 heteroatoms. The molecule has 4 atom stereocenters. The van der Waals surface area contributed by atoms with Gasteiger partial charge in [-0.05, 0) is 31.5 Å². The summed E-state index contributed by atoms with van der Waals surface area (Å²) in [5.41, 5.74) is 6.26. The highest BCUT2D eigenvalue weighted by Crippen LogP contribution is 2.39. The van der Waals surface area contributed by atoms with Gasteiger partial charge < -0.3 is 26.4 Å². The van der Waals surface area contributed by atoms with Gasteiger partial charge in [-0.15, -0.1) is 11.8 Å². The van der Waals surface area contributed by atoms with E-state index >= 15 is 0 Å². The van der Waals surface area contributed by atoms with Gasteiger partial charge in [-0.2, -0.15) is 0 Å². The Bertz CT molecular complexity index is 708. The number of carbonyl (C=O) groups excluding carboxylic acids is 1. The predicted octanol–water partition coefficient (Wildman–Crippen LogP) is -0.144. The lowest BCUT2D eigenvalue weighted by atomic mass is 10.0. The van der Waals surface area contributed by atoms with Gasteiger partial charge in [0.1, 0.15) is 17.8 Å². The lowest BCUT2D eigenvalue weighted by Crippen LogP contribution is -2.55. The normalized spacial score (nSPS) is 23.8. The number of carbonyl (C=O) groups is 3. The van der Waals surface area contributed by atoms with Crippen LogP contribution in [0.2, 0.25) is 0 Å². The van der Waals surface area contributed by atoms with Crippen LogP contribution in [-0.2, 0) is 14.4 Å². The monoisotopic (exact) mass is 383 g/mol. The van der Waals surface area contributed by atoms with E-state index in [9.17, 15) is 29.7 Å². The first-order valence-electron chi connectivity index (χ1n) is 7.77. The number of carboxylic acids is 2. The van der Waals surface area contributed by atoms with Crippen molar-refractivity contribution in [3.8, 4) is 5.75 Å². The van der Waals surface area contributed by atoms with Crippen LogP contribution < -0.4 is 16.4 Å². The summed E-state index contributed by atoms with van der Waals surface area (Å²) in [5, 5.41) is 32.3. The molecule has 26 heavy (non-hydrogen) atoms. The number of rotatable bonds is 6. The number of nitrogens with one attached hydrogen (secondary N) is 2. The molecule has 1 aromatic rings. The van der Waals surface area contributed by atoms with Gasteiger partial charge in [-0.3, -0.25) is 14.9 Å². The van der Waals surface area contributed by atoms with Crippen molar-refractivity contribution in [2.75, 3.05) is 0 Å². The molecule has 1 amide bonds. The lowest BCUT2D eigenvalue weighted by Gasteiger charge is -2.23. The van der Waals surface area contributed by atoms with Crippen molar-refractivity contribution in [2.45, 2.75) is 42.1 Å². The fourth-order valence-corrected chi connectivity index (χ4v) is 4.15. The molecular formula is C16H21N3O6S. The molecular weight excluding hydrogens is 362 g/mol. The van der Waals surface area contributed by atoms with Crippen molar-refractivity contribution in [1.29, 1.82) is 0 Å². The average molecular weight is 383 g/mol. The number of aliphatic carboxylic acids is 2. The summed E-state index contributed by atoms with van der Waals surface area (Å²) in [7, 11) is 0. The smallest absolute Gasteiger partial charge is 0.328 e. The van der Waals surface area contributed by atoms with E-state index in [1.165, 1.54) is 24.3 Å². The van der Waals surface area contributed by atoms with Crippen LogP contribution in [-0.4, -0.2) is 55.4 Å². The molecule has 1 aliphatic heterocycles. The maximum absolute atomic E-state index is 12.4. The van der Waals surface area contributed by atoms with Crippen LogP contribution in [0.1, 0.15) is 25.5 Å². The molecule has 1 aliphatic rings. The van der Waals surface area contributed by atoms with Crippen LogP contribution >= 0.6 is 11.8 Å². The predicted molar refractivity (Wildman–Crippen MR) is 94.6 cm³/mol. The summed E-state index contributed by atoms with van der Waals surface area (Å²) < 4.78 is -0.756. The van der Waals surface area contributed by atoms with Crippen LogP contribution in [0.15, 0.2) is 24.3 Å². The van der Waals surface area contributed by atoms with Crippen LogP contribution in [0.5, 0.6) is 5.75 Å². The second kappa shape index (κ2) is 7.52. The standard InChI is InChI=1S/C16H21N3O6S/c1-16(2)11(15(24)25)19-13(26-16)10(14(22)23)18-12(21)9(17)7-3-5-8(20)6-4-7/h3-6,9-11,13,19-20H,17H2,1-2H3,(H,18,21)(H,22,23)(H,24,25)/t9-,10+,11+,13?/m1/s1.